The van der Waals surface area contributed by atoms with Gasteiger partial charge in [-0.3, -0.25) is 4.79 Å². The molecule has 0 unspecified atom stereocenters. The van der Waals surface area contributed by atoms with E-state index in [-0.39, 0.29) is 10.2 Å². The van der Waals surface area contributed by atoms with Crippen LogP contribution in [0, 0.1) is 0 Å². The molecule has 15 heavy (non-hydrogen) atoms. The number of hydrogen-bond donors (Lipinski definition) is 0. The number of carbonyl (C=O) groups excluding carboxylic acids is 1. The van der Waals surface area contributed by atoms with Crippen LogP contribution in [0.2, 0.25) is 18.1 Å². The average Bonchev–Trinajstić information content (AvgIpc) is 2.01. The summed E-state index contributed by atoms with van der Waals surface area (Å²) in [6.45, 7) is 13.6. The van der Waals surface area contributed by atoms with E-state index in [1.54, 1.807) is 0 Å². The summed E-state index contributed by atoms with van der Waals surface area (Å²) < 4.78 is 5.92. The summed E-state index contributed by atoms with van der Waals surface area (Å²) in [6.07, 6.45) is 0.547. The molecule has 0 rings (SSSR count). The van der Waals surface area contributed by atoms with E-state index >= 15 is 0 Å². The minimum Gasteiger partial charge on any atom is -0.416 e. The van der Waals surface area contributed by atoms with Gasteiger partial charge in [0.15, 0.2) is 13.4 Å². The largest absolute Gasteiger partial charge is 0.416 e. The van der Waals surface area contributed by atoms with Gasteiger partial charge in [0.2, 0.25) is 0 Å². The Bertz CT molecular complexity index is 209. The van der Waals surface area contributed by atoms with Crippen LogP contribution in [0.5, 0.6) is 0 Å². The lowest BCUT2D eigenvalue weighted by atomic mass is 10.2. The fourth-order valence-electron chi connectivity index (χ4n) is 0.839. The van der Waals surface area contributed by atoms with Crippen LogP contribution < -0.4 is 0 Å². The molecule has 0 aliphatic rings. The highest BCUT2D eigenvalue weighted by Gasteiger charge is 2.36. The zero-order valence-electron chi connectivity index (χ0n) is 10.8. The zero-order valence-corrected chi connectivity index (χ0v) is 12.7. The summed E-state index contributed by atoms with van der Waals surface area (Å²) in [5.41, 5.74) is 0. The van der Waals surface area contributed by atoms with Gasteiger partial charge in [0, 0.05) is 13.0 Å². The maximum atomic E-state index is 11.3. The summed E-state index contributed by atoms with van der Waals surface area (Å²) >= 11 is 1.39. The van der Waals surface area contributed by atoms with E-state index in [4.69, 9.17) is 4.43 Å². The minimum absolute atomic E-state index is 0.230. The van der Waals surface area contributed by atoms with Crippen molar-refractivity contribution in [3.05, 3.63) is 0 Å². The maximum absolute atomic E-state index is 11.3. The molecule has 0 bridgehead atoms. The third-order valence-corrected chi connectivity index (χ3v) is 8.23. The first-order chi connectivity index (χ1) is 6.70. The second-order valence-corrected chi connectivity index (χ2v) is 11.3. The van der Waals surface area contributed by atoms with Crippen molar-refractivity contribution < 1.29 is 9.22 Å². The minimum atomic E-state index is -1.66. The second kappa shape index (κ2) is 6.06. The van der Waals surface area contributed by atoms with Gasteiger partial charge in [0.25, 0.3) is 0 Å². The number of thioether (sulfide) groups is 1. The van der Waals surface area contributed by atoms with Gasteiger partial charge in [0.1, 0.15) is 0 Å². The van der Waals surface area contributed by atoms with Gasteiger partial charge in [-0.25, -0.2) is 0 Å². The predicted octanol–water partition coefficient (Wildman–Crippen LogP) is 3.68. The average molecular weight is 248 g/mol. The molecule has 0 amide bonds. The molecule has 0 aliphatic carbocycles. The van der Waals surface area contributed by atoms with Gasteiger partial charge in [-0.1, -0.05) is 39.5 Å². The van der Waals surface area contributed by atoms with E-state index in [9.17, 15) is 4.79 Å². The van der Waals surface area contributed by atoms with Crippen LogP contribution in [0.4, 0.5) is 0 Å². The molecule has 0 aromatic rings. The Morgan fingerprint density at radius 1 is 1.33 bits per heavy atom. The normalized spacial score (nSPS) is 12.9. The van der Waals surface area contributed by atoms with Crippen LogP contribution in [0.25, 0.3) is 0 Å². The van der Waals surface area contributed by atoms with Gasteiger partial charge >= 0.3 is 0 Å². The number of carbonyl (C=O) groups is 1. The Morgan fingerprint density at radius 2 is 1.87 bits per heavy atom. The fourth-order valence-corrected chi connectivity index (χ4v) is 2.43. The lowest BCUT2D eigenvalue weighted by Gasteiger charge is -2.36. The van der Waals surface area contributed by atoms with Gasteiger partial charge in [-0.2, -0.15) is 0 Å². The molecule has 90 valence electrons. The third kappa shape index (κ3) is 5.73. The first-order valence-electron chi connectivity index (χ1n) is 5.50. The van der Waals surface area contributed by atoms with Crippen molar-refractivity contribution in [3.63, 3.8) is 0 Å². The molecule has 0 saturated heterocycles. The highest BCUT2D eigenvalue weighted by molar-refractivity contribution is 8.13. The van der Waals surface area contributed by atoms with Crippen molar-refractivity contribution in [1.29, 1.82) is 0 Å². The molecule has 0 heterocycles. The monoisotopic (exact) mass is 248 g/mol. The fraction of sp³-hybridized carbons (Fsp3) is 0.909. The van der Waals surface area contributed by atoms with E-state index in [0.29, 0.717) is 13.0 Å². The molecular weight excluding hydrogens is 224 g/mol. The first-order valence-corrected chi connectivity index (χ1v) is 9.39. The van der Waals surface area contributed by atoms with Crippen molar-refractivity contribution in [1.82, 2.24) is 0 Å². The van der Waals surface area contributed by atoms with Gasteiger partial charge < -0.3 is 4.43 Å². The quantitative estimate of drug-likeness (QED) is 0.694. The SMILES string of the molecule is CCSC(=O)CCO[Si](C)(C)C(C)(C)C. The first kappa shape index (κ1) is 15.2. The molecule has 0 spiro atoms. The molecule has 0 N–H and O–H groups in total. The highest BCUT2D eigenvalue weighted by Crippen LogP contribution is 2.36. The molecule has 0 aromatic carbocycles. The molecule has 0 atom stereocenters. The molecule has 2 nitrogen and oxygen atoms in total. The summed E-state index contributed by atoms with van der Waals surface area (Å²) in [5.74, 6) is 0.860. The molecule has 0 aliphatic heterocycles. The Morgan fingerprint density at radius 3 is 2.27 bits per heavy atom. The Labute approximate surface area is 99.3 Å². The summed E-state index contributed by atoms with van der Waals surface area (Å²) in [5, 5.41) is 0.477. The molecule has 0 saturated carbocycles. The maximum Gasteiger partial charge on any atom is 0.191 e. The van der Waals surface area contributed by atoms with Gasteiger partial charge in [0.05, 0.1) is 0 Å². The van der Waals surface area contributed by atoms with Gasteiger partial charge in [-0.15, -0.1) is 0 Å². The van der Waals surface area contributed by atoms with Crippen molar-refractivity contribution in [2.45, 2.75) is 52.2 Å². The standard InChI is InChI=1S/C11H24O2SSi/c1-7-14-10(12)8-9-13-15(5,6)11(2,3)4/h7-9H2,1-6H3. The summed E-state index contributed by atoms with van der Waals surface area (Å²) in [7, 11) is -1.66. The summed E-state index contributed by atoms with van der Waals surface area (Å²) in [4.78, 5) is 11.3. The van der Waals surface area contributed by atoms with Crippen LogP contribution in [-0.4, -0.2) is 25.8 Å². The molecular formula is C11H24O2SSi. The number of hydrogen-bond acceptors (Lipinski definition) is 3. The predicted molar refractivity (Wildman–Crippen MR) is 70.9 cm³/mol. The van der Waals surface area contributed by atoms with Crippen LogP contribution in [-0.2, 0) is 9.22 Å². The number of rotatable bonds is 5. The van der Waals surface area contributed by atoms with E-state index in [0.717, 1.165) is 5.75 Å². The van der Waals surface area contributed by atoms with Gasteiger partial charge in [-0.05, 0) is 23.9 Å². The van der Waals surface area contributed by atoms with Crippen molar-refractivity contribution in [3.8, 4) is 0 Å². The van der Waals surface area contributed by atoms with Crippen molar-refractivity contribution in [2.75, 3.05) is 12.4 Å². The van der Waals surface area contributed by atoms with Crippen LogP contribution in [0.15, 0.2) is 0 Å². The Kier molecular flexibility index (Phi) is 6.14. The van der Waals surface area contributed by atoms with Crippen LogP contribution in [0.1, 0.15) is 34.1 Å². The lowest BCUT2D eigenvalue weighted by Crippen LogP contribution is -2.41. The van der Waals surface area contributed by atoms with Crippen LogP contribution >= 0.6 is 11.8 Å². The zero-order chi connectivity index (χ0) is 12.1. The van der Waals surface area contributed by atoms with E-state index < -0.39 is 8.32 Å². The molecule has 0 aromatic heterocycles. The molecule has 0 fully saturated rings. The topological polar surface area (TPSA) is 26.3 Å². The lowest BCUT2D eigenvalue weighted by molar-refractivity contribution is -0.111. The van der Waals surface area contributed by atoms with E-state index in [1.807, 2.05) is 6.92 Å². The van der Waals surface area contributed by atoms with Crippen molar-refractivity contribution >= 4 is 25.2 Å². The molecule has 4 heteroatoms. The van der Waals surface area contributed by atoms with E-state index in [2.05, 4.69) is 33.9 Å². The Balaban J connectivity index is 3.91. The van der Waals surface area contributed by atoms with E-state index in [1.165, 1.54) is 11.8 Å². The van der Waals surface area contributed by atoms with Crippen molar-refractivity contribution in [2.24, 2.45) is 0 Å². The molecule has 0 radical (unpaired) electrons. The summed E-state index contributed by atoms with van der Waals surface area (Å²) in [6, 6.07) is 0. The second-order valence-electron chi connectivity index (χ2n) is 5.16. The smallest absolute Gasteiger partial charge is 0.191 e. The Hall–Kier alpha value is 0.197. The third-order valence-electron chi connectivity index (χ3n) is 2.88. The highest BCUT2D eigenvalue weighted by atomic mass is 32.2. The van der Waals surface area contributed by atoms with Crippen LogP contribution in [0.3, 0.4) is 0 Å².